The molecule has 3 aromatic rings. The number of hydrogen-bond acceptors (Lipinski definition) is 5. The molecule has 1 aliphatic rings. The van der Waals surface area contributed by atoms with E-state index in [0.29, 0.717) is 12.1 Å². The number of carbonyl (C=O) groups excluding carboxylic acids is 2. The second-order valence-electron chi connectivity index (χ2n) is 8.31. The van der Waals surface area contributed by atoms with Crippen LogP contribution in [0.4, 0.5) is 5.69 Å². The summed E-state index contributed by atoms with van der Waals surface area (Å²) in [4.78, 5) is 34.2. The SMILES string of the molecule is CN(C)c1ccc(C2C(C(=O)CCc3ccccc3)=C(O)C(=O)N2Cc2ccccn2)cc1. The molecular formula is C27H27N3O3. The average molecular weight is 442 g/mol. The highest BCUT2D eigenvalue weighted by molar-refractivity contribution is 6.09. The molecule has 0 radical (unpaired) electrons. The molecule has 4 rings (SSSR count). The second-order valence-corrected chi connectivity index (χ2v) is 8.31. The molecular weight excluding hydrogens is 414 g/mol. The maximum Gasteiger partial charge on any atom is 0.290 e. The molecule has 0 saturated heterocycles. The summed E-state index contributed by atoms with van der Waals surface area (Å²) in [5.41, 5.74) is 3.66. The molecule has 1 unspecified atom stereocenters. The number of hydrogen-bond donors (Lipinski definition) is 1. The first-order valence-electron chi connectivity index (χ1n) is 10.9. The summed E-state index contributed by atoms with van der Waals surface area (Å²) in [6.45, 7) is 0.194. The van der Waals surface area contributed by atoms with Crippen LogP contribution in [-0.2, 0) is 22.6 Å². The smallest absolute Gasteiger partial charge is 0.290 e. The van der Waals surface area contributed by atoms with Crippen LogP contribution in [0.3, 0.4) is 0 Å². The van der Waals surface area contributed by atoms with Crippen LogP contribution in [0.15, 0.2) is 90.3 Å². The Morgan fingerprint density at radius 3 is 2.33 bits per heavy atom. The number of nitrogens with zero attached hydrogens (tertiary/aromatic N) is 3. The van der Waals surface area contributed by atoms with Crippen molar-refractivity contribution < 1.29 is 14.7 Å². The van der Waals surface area contributed by atoms with E-state index >= 15 is 0 Å². The molecule has 1 amide bonds. The highest BCUT2D eigenvalue weighted by atomic mass is 16.3. The Hall–Kier alpha value is -3.93. The molecule has 6 nitrogen and oxygen atoms in total. The van der Waals surface area contributed by atoms with Gasteiger partial charge in [-0.3, -0.25) is 14.6 Å². The first-order valence-corrected chi connectivity index (χ1v) is 10.9. The maximum absolute atomic E-state index is 13.3. The van der Waals surface area contributed by atoms with Crippen molar-refractivity contribution in [2.75, 3.05) is 19.0 Å². The average Bonchev–Trinajstić information content (AvgIpc) is 3.09. The van der Waals surface area contributed by atoms with E-state index in [1.54, 1.807) is 12.3 Å². The van der Waals surface area contributed by atoms with E-state index < -0.39 is 17.7 Å². The predicted octanol–water partition coefficient (Wildman–Crippen LogP) is 4.25. The molecule has 0 aliphatic carbocycles. The van der Waals surface area contributed by atoms with Gasteiger partial charge >= 0.3 is 0 Å². The summed E-state index contributed by atoms with van der Waals surface area (Å²) in [5, 5.41) is 10.8. The molecule has 0 spiro atoms. The van der Waals surface area contributed by atoms with E-state index in [-0.39, 0.29) is 24.3 Å². The van der Waals surface area contributed by atoms with Gasteiger partial charge in [0.2, 0.25) is 0 Å². The van der Waals surface area contributed by atoms with E-state index in [2.05, 4.69) is 4.98 Å². The fraction of sp³-hybridized carbons (Fsp3) is 0.222. The van der Waals surface area contributed by atoms with Gasteiger partial charge in [-0.15, -0.1) is 0 Å². The standard InChI is InChI=1S/C27H27N3O3/c1-29(2)22-14-12-20(13-15-22)25-24(23(31)16-11-19-8-4-3-5-9-19)26(32)27(33)30(25)18-21-10-6-7-17-28-21/h3-10,12-15,17,25,32H,11,16,18H2,1-2H3. The number of aliphatic hydroxyl groups excluding tert-OH is 1. The summed E-state index contributed by atoms with van der Waals surface area (Å²) in [6, 6.07) is 22.2. The molecule has 1 atom stereocenters. The Kier molecular flexibility index (Phi) is 6.54. The molecule has 1 N–H and O–H groups in total. The second kappa shape index (κ2) is 9.69. The maximum atomic E-state index is 13.3. The lowest BCUT2D eigenvalue weighted by atomic mass is 9.93. The van der Waals surface area contributed by atoms with Crippen molar-refractivity contribution in [3.63, 3.8) is 0 Å². The highest BCUT2D eigenvalue weighted by Crippen LogP contribution is 2.39. The highest BCUT2D eigenvalue weighted by Gasteiger charge is 2.43. The summed E-state index contributed by atoms with van der Waals surface area (Å²) in [5.74, 6) is -1.24. The Bertz CT molecular complexity index is 1160. The summed E-state index contributed by atoms with van der Waals surface area (Å²) < 4.78 is 0. The normalized spacial score (nSPS) is 15.8. The molecule has 1 aliphatic heterocycles. The van der Waals surface area contributed by atoms with Crippen LogP contribution in [0.2, 0.25) is 0 Å². The quantitative estimate of drug-likeness (QED) is 0.566. The van der Waals surface area contributed by atoms with Crippen molar-refractivity contribution in [2.45, 2.75) is 25.4 Å². The van der Waals surface area contributed by atoms with Crippen molar-refractivity contribution in [3.05, 3.63) is 107 Å². The predicted molar refractivity (Wildman–Crippen MR) is 128 cm³/mol. The van der Waals surface area contributed by atoms with Crippen molar-refractivity contribution in [1.82, 2.24) is 9.88 Å². The number of anilines is 1. The Balaban J connectivity index is 1.67. The largest absolute Gasteiger partial charge is 0.503 e. The van der Waals surface area contributed by atoms with Crippen LogP contribution in [0.1, 0.15) is 29.3 Å². The first-order chi connectivity index (χ1) is 16.0. The van der Waals surface area contributed by atoms with Crippen LogP contribution in [0, 0.1) is 0 Å². The number of Topliss-reactive ketones (excluding diaryl/α,β-unsaturated/α-hetero) is 1. The van der Waals surface area contributed by atoms with Crippen LogP contribution in [0.5, 0.6) is 0 Å². The van der Waals surface area contributed by atoms with E-state index in [4.69, 9.17) is 0 Å². The van der Waals surface area contributed by atoms with E-state index in [1.807, 2.05) is 85.7 Å². The molecule has 6 heteroatoms. The Morgan fingerprint density at radius 2 is 1.70 bits per heavy atom. The number of amides is 1. The minimum atomic E-state index is -0.668. The number of aliphatic hydroxyl groups is 1. The number of aromatic nitrogens is 1. The van der Waals surface area contributed by atoms with Gasteiger partial charge in [0, 0.05) is 32.4 Å². The molecule has 1 aromatic heterocycles. The fourth-order valence-electron chi connectivity index (χ4n) is 4.11. The van der Waals surface area contributed by atoms with Gasteiger partial charge in [0.05, 0.1) is 23.9 Å². The number of ketones is 1. The molecule has 0 saturated carbocycles. The zero-order valence-corrected chi connectivity index (χ0v) is 18.8. The third kappa shape index (κ3) is 4.80. The van der Waals surface area contributed by atoms with Gasteiger partial charge in [-0.25, -0.2) is 0 Å². The van der Waals surface area contributed by atoms with Gasteiger partial charge in [0.15, 0.2) is 11.5 Å². The van der Waals surface area contributed by atoms with Crippen molar-refractivity contribution in [3.8, 4) is 0 Å². The molecule has 168 valence electrons. The lowest BCUT2D eigenvalue weighted by Gasteiger charge is -2.27. The van der Waals surface area contributed by atoms with Crippen molar-refractivity contribution >= 4 is 17.4 Å². The van der Waals surface area contributed by atoms with Gasteiger partial charge < -0.3 is 14.9 Å². The van der Waals surface area contributed by atoms with Crippen LogP contribution >= 0.6 is 0 Å². The first kappa shape index (κ1) is 22.3. The van der Waals surface area contributed by atoms with E-state index in [0.717, 1.165) is 16.8 Å². The van der Waals surface area contributed by atoms with Crippen molar-refractivity contribution in [2.24, 2.45) is 0 Å². The van der Waals surface area contributed by atoms with Gasteiger partial charge in [0.1, 0.15) is 0 Å². The zero-order chi connectivity index (χ0) is 23.4. The minimum absolute atomic E-state index is 0.157. The van der Waals surface area contributed by atoms with Crippen LogP contribution in [-0.4, -0.2) is 40.8 Å². The summed E-state index contributed by atoms with van der Waals surface area (Å²) in [7, 11) is 3.90. The molecule has 33 heavy (non-hydrogen) atoms. The van der Waals surface area contributed by atoms with Gasteiger partial charge in [-0.2, -0.15) is 0 Å². The van der Waals surface area contributed by atoms with Crippen LogP contribution < -0.4 is 4.90 Å². The third-order valence-electron chi connectivity index (χ3n) is 5.87. The monoisotopic (exact) mass is 441 g/mol. The Morgan fingerprint density at radius 1 is 1.00 bits per heavy atom. The third-order valence-corrected chi connectivity index (χ3v) is 5.87. The number of benzene rings is 2. The van der Waals surface area contributed by atoms with Gasteiger partial charge in [-0.1, -0.05) is 48.5 Å². The number of rotatable bonds is 8. The number of aryl methyl sites for hydroxylation is 1. The number of carbonyl (C=O) groups is 2. The van der Waals surface area contributed by atoms with Crippen molar-refractivity contribution in [1.29, 1.82) is 0 Å². The topological polar surface area (TPSA) is 73.7 Å². The number of pyridine rings is 1. The minimum Gasteiger partial charge on any atom is -0.503 e. The van der Waals surface area contributed by atoms with E-state index in [1.165, 1.54) is 4.90 Å². The molecule has 2 heterocycles. The fourth-order valence-corrected chi connectivity index (χ4v) is 4.11. The lowest BCUT2D eigenvalue weighted by molar-refractivity contribution is -0.130. The lowest BCUT2D eigenvalue weighted by Crippen LogP contribution is -2.31. The summed E-state index contributed by atoms with van der Waals surface area (Å²) in [6.07, 6.45) is 2.41. The Labute approximate surface area is 193 Å². The van der Waals surface area contributed by atoms with Gasteiger partial charge in [-0.05, 0) is 41.8 Å². The van der Waals surface area contributed by atoms with E-state index in [9.17, 15) is 14.7 Å². The van der Waals surface area contributed by atoms with Gasteiger partial charge in [0.25, 0.3) is 5.91 Å². The van der Waals surface area contributed by atoms with Crippen LogP contribution in [0.25, 0.3) is 0 Å². The summed E-state index contributed by atoms with van der Waals surface area (Å²) >= 11 is 0. The molecule has 0 bridgehead atoms. The molecule has 0 fully saturated rings. The zero-order valence-electron chi connectivity index (χ0n) is 18.8. The molecule has 2 aromatic carbocycles.